The van der Waals surface area contributed by atoms with Crippen molar-refractivity contribution in [2.75, 3.05) is 13.2 Å². The van der Waals surface area contributed by atoms with Gasteiger partial charge in [-0.25, -0.2) is 0 Å². The molecule has 1 rings (SSSR count). The molecule has 0 fully saturated rings. The Morgan fingerprint density at radius 3 is 2.52 bits per heavy atom. The van der Waals surface area contributed by atoms with E-state index in [1.54, 1.807) is 0 Å². The molecule has 1 aromatic carbocycles. The van der Waals surface area contributed by atoms with Crippen molar-refractivity contribution in [2.45, 2.75) is 26.7 Å². The van der Waals surface area contributed by atoms with Crippen LogP contribution in [0.1, 0.15) is 37.0 Å². The number of aliphatic hydroxyl groups is 1. The van der Waals surface area contributed by atoms with Crippen LogP contribution in [0, 0.1) is 15.5 Å². The minimum absolute atomic E-state index is 0.0131. The van der Waals surface area contributed by atoms with Crippen LogP contribution in [0.25, 0.3) is 0 Å². The number of amides is 1. The highest BCUT2D eigenvalue weighted by Crippen LogP contribution is 2.27. The standard InChI is InChI=1S/C14H19BrN2O4/c1-3-14(4-2,9-18)8-16-13(19)10-5-6-11(15)12(7-10)17(20)21/h5-7,18H,3-4,8-9H2,1-2H3,(H,16,19). The van der Waals surface area contributed by atoms with Gasteiger partial charge in [0.1, 0.15) is 0 Å². The Labute approximate surface area is 131 Å². The molecule has 7 heteroatoms. The number of carbonyl (C=O) groups is 1. The van der Waals surface area contributed by atoms with Crippen LogP contribution in [0.5, 0.6) is 0 Å². The van der Waals surface area contributed by atoms with Crippen molar-refractivity contribution in [3.05, 3.63) is 38.3 Å². The molecule has 6 nitrogen and oxygen atoms in total. The van der Waals surface area contributed by atoms with E-state index in [-0.39, 0.29) is 29.2 Å². The van der Waals surface area contributed by atoms with Crippen LogP contribution in [-0.2, 0) is 0 Å². The van der Waals surface area contributed by atoms with Gasteiger partial charge in [-0.05, 0) is 40.9 Å². The molecule has 0 aliphatic heterocycles. The zero-order valence-corrected chi connectivity index (χ0v) is 13.6. The summed E-state index contributed by atoms with van der Waals surface area (Å²) in [6.45, 7) is 4.23. The topological polar surface area (TPSA) is 92.5 Å². The summed E-state index contributed by atoms with van der Waals surface area (Å²) in [6, 6.07) is 4.23. The Kier molecular flexibility index (Phi) is 6.29. The zero-order valence-electron chi connectivity index (χ0n) is 12.1. The number of rotatable bonds is 7. The van der Waals surface area contributed by atoms with E-state index < -0.39 is 4.92 Å². The highest BCUT2D eigenvalue weighted by Gasteiger charge is 2.26. The van der Waals surface area contributed by atoms with Crippen LogP contribution < -0.4 is 5.32 Å². The van der Waals surface area contributed by atoms with Crippen LogP contribution in [0.4, 0.5) is 5.69 Å². The number of hydrogen-bond donors (Lipinski definition) is 2. The molecule has 0 saturated carbocycles. The fourth-order valence-electron chi connectivity index (χ4n) is 1.94. The molecule has 0 heterocycles. The predicted molar refractivity (Wildman–Crippen MR) is 83.2 cm³/mol. The van der Waals surface area contributed by atoms with Crippen molar-refractivity contribution < 1.29 is 14.8 Å². The lowest BCUT2D eigenvalue weighted by Crippen LogP contribution is -2.39. The number of aliphatic hydroxyl groups excluding tert-OH is 1. The molecule has 0 bridgehead atoms. The first kappa shape index (κ1) is 17.6. The van der Waals surface area contributed by atoms with Gasteiger partial charge in [0.25, 0.3) is 11.6 Å². The molecule has 0 unspecified atom stereocenters. The fraction of sp³-hybridized carbons (Fsp3) is 0.500. The van der Waals surface area contributed by atoms with Gasteiger partial charge in [-0.3, -0.25) is 14.9 Å². The lowest BCUT2D eigenvalue weighted by atomic mass is 9.83. The van der Waals surface area contributed by atoms with E-state index in [9.17, 15) is 20.0 Å². The molecule has 1 aromatic rings. The number of carbonyl (C=O) groups excluding carboxylic acids is 1. The smallest absolute Gasteiger partial charge is 0.284 e. The second-order valence-electron chi connectivity index (χ2n) is 4.97. The van der Waals surface area contributed by atoms with Gasteiger partial charge in [-0.2, -0.15) is 0 Å². The summed E-state index contributed by atoms with van der Waals surface area (Å²) in [5, 5.41) is 23.1. The van der Waals surface area contributed by atoms with E-state index >= 15 is 0 Å². The van der Waals surface area contributed by atoms with Crippen molar-refractivity contribution in [3.8, 4) is 0 Å². The number of nitrogens with zero attached hydrogens (tertiary/aromatic N) is 1. The summed E-state index contributed by atoms with van der Waals surface area (Å²) in [5.41, 5.74) is -0.275. The van der Waals surface area contributed by atoms with E-state index in [0.717, 1.165) is 12.8 Å². The average Bonchev–Trinajstić information content (AvgIpc) is 2.49. The van der Waals surface area contributed by atoms with Crippen LogP contribution in [-0.4, -0.2) is 29.1 Å². The molecule has 0 atom stereocenters. The van der Waals surface area contributed by atoms with Crippen molar-refractivity contribution in [2.24, 2.45) is 5.41 Å². The van der Waals surface area contributed by atoms with Crippen LogP contribution in [0.15, 0.2) is 22.7 Å². The molecule has 116 valence electrons. The third-order valence-corrected chi connectivity index (χ3v) is 4.53. The molecule has 0 radical (unpaired) electrons. The third-order valence-electron chi connectivity index (χ3n) is 3.86. The highest BCUT2D eigenvalue weighted by atomic mass is 79.9. The number of hydrogen-bond acceptors (Lipinski definition) is 4. The minimum atomic E-state index is -0.545. The number of nitrogens with one attached hydrogen (secondary N) is 1. The average molecular weight is 359 g/mol. The van der Waals surface area contributed by atoms with Gasteiger partial charge in [0.05, 0.1) is 16.0 Å². The Bertz CT molecular complexity index is 521. The highest BCUT2D eigenvalue weighted by molar-refractivity contribution is 9.10. The van der Waals surface area contributed by atoms with E-state index in [0.29, 0.717) is 11.0 Å². The van der Waals surface area contributed by atoms with Gasteiger partial charge in [-0.15, -0.1) is 0 Å². The van der Waals surface area contributed by atoms with Gasteiger partial charge in [0.15, 0.2) is 0 Å². The van der Waals surface area contributed by atoms with Crippen LogP contribution >= 0.6 is 15.9 Å². The molecule has 21 heavy (non-hydrogen) atoms. The van der Waals surface area contributed by atoms with Crippen LogP contribution in [0.2, 0.25) is 0 Å². The maximum atomic E-state index is 12.1. The molecule has 0 saturated heterocycles. The summed E-state index contributed by atoms with van der Waals surface area (Å²) >= 11 is 3.08. The SMILES string of the molecule is CCC(CC)(CO)CNC(=O)c1ccc(Br)c([N+](=O)[O-])c1. The summed E-state index contributed by atoms with van der Waals surface area (Å²) in [4.78, 5) is 22.4. The second-order valence-corrected chi connectivity index (χ2v) is 5.83. The van der Waals surface area contributed by atoms with Crippen molar-refractivity contribution in [1.29, 1.82) is 0 Å². The normalized spacial score (nSPS) is 11.2. The Hall–Kier alpha value is -1.47. The Balaban J connectivity index is 2.85. The first-order valence-corrected chi connectivity index (χ1v) is 7.51. The fourth-order valence-corrected chi connectivity index (χ4v) is 2.33. The molecular weight excluding hydrogens is 340 g/mol. The largest absolute Gasteiger partial charge is 0.396 e. The van der Waals surface area contributed by atoms with Crippen LogP contribution in [0.3, 0.4) is 0 Å². The third kappa shape index (κ3) is 4.25. The minimum Gasteiger partial charge on any atom is -0.396 e. The number of nitro groups is 1. The molecule has 2 N–H and O–H groups in total. The van der Waals surface area contributed by atoms with Crippen molar-refractivity contribution >= 4 is 27.5 Å². The van der Waals surface area contributed by atoms with Crippen molar-refractivity contribution in [3.63, 3.8) is 0 Å². The Morgan fingerprint density at radius 2 is 2.05 bits per heavy atom. The lowest BCUT2D eigenvalue weighted by molar-refractivity contribution is -0.385. The van der Waals surface area contributed by atoms with Gasteiger partial charge >= 0.3 is 0 Å². The molecule has 0 spiro atoms. The Morgan fingerprint density at radius 1 is 1.43 bits per heavy atom. The summed E-state index contributed by atoms with van der Waals surface area (Å²) in [6.07, 6.45) is 1.47. The zero-order chi connectivity index (χ0) is 16.0. The summed E-state index contributed by atoms with van der Waals surface area (Å²) < 4.78 is 0.330. The maximum absolute atomic E-state index is 12.1. The van der Waals surface area contributed by atoms with E-state index in [2.05, 4.69) is 21.2 Å². The van der Waals surface area contributed by atoms with Gasteiger partial charge in [0, 0.05) is 23.6 Å². The molecule has 0 aliphatic carbocycles. The van der Waals surface area contributed by atoms with E-state index in [1.807, 2.05) is 13.8 Å². The molecule has 0 aliphatic rings. The summed E-state index contributed by atoms with van der Waals surface area (Å²) in [7, 11) is 0. The van der Waals surface area contributed by atoms with Gasteiger partial charge in [0.2, 0.25) is 0 Å². The first-order chi connectivity index (χ1) is 9.89. The predicted octanol–water partition coefficient (Wildman–Crippen LogP) is 2.89. The van der Waals surface area contributed by atoms with Gasteiger partial charge in [-0.1, -0.05) is 13.8 Å². The number of halogens is 1. The van der Waals surface area contributed by atoms with Crippen molar-refractivity contribution in [1.82, 2.24) is 5.32 Å². The van der Waals surface area contributed by atoms with Gasteiger partial charge < -0.3 is 10.4 Å². The quantitative estimate of drug-likeness (QED) is 0.578. The first-order valence-electron chi connectivity index (χ1n) is 6.72. The molecule has 1 amide bonds. The number of nitro benzene ring substituents is 1. The lowest BCUT2D eigenvalue weighted by Gasteiger charge is -2.29. The van der Waals surface area contributed by atoms with E-state index in [1.165, 1.54) is 18.2 Å². The molecular formula is C14H19BrN2O4. The summed E-state index contributed by atoms with van der Waals surface area (Å²) in [5.74, 6) is -0.384. The monoisotopic (exact) mass is 358 g/mol. The maximum Gasteiger partial charge on any atom is 0.284 e. The second kappa shape index (κ2) is 7.51. The molecule has 0 aromatic heterocycles. The number of benzene rings is 1. The van der Waals surface area contributed by atoms with E-state index in [4.69, 9.17) is 0 Å².